The lowest BCUT2D eigenvalue weighted by atomic mass is 9.75. The van der Waals surface area contributed by atoms with Crippen molar-refractivity contribution in [2.45, 2.75) is 63.8 Å². The first kappa shape index (κ1) is 20.4. The summed E-state index contributed by atoms with van der Waals surface area (Å²) in [7, 11) is -6.09. The van der Waals surface area contributed by atoms with E-state index in [-0.39, 0.29) is 5.41 Å². The van der Waals surface area contributed by atoms with Gasteiger partial charge in [-0.25, -0.2) is 13.0 Å². The van der Waals surface area contributed by atoms with E-state index in [4.69, 9.17) is 13.0 Å². The number of rotatable bonds is 0. The van der Waals surface area contributed by atoms with Crippen LogP contribution in [0, 0.1) is 11.3 Å². The quantitative estimate of drug-likeness (QED) is 0.366. The predicted molar refractivity (Wildman–Crippen MR) is 84.3 cm³/mol. The van der Waals surface area contributed by atoms with Crippen molar-refractivity contribution < 1.29 is 35.5 Å². The number of fused-ring (bicyclic) bond motifs is 1. The van der Waals surface area contributed by atoms with Gasteiger partial charge in [-0.1, -0.05) is 13.3 Å². The lowest BCUT2D eigenvalue weighted by Gasteiger charge is -2.26. The Morgan fingerprint density at radius 2 is 1.72 bits per heavy atom. The SMILES string of the molecule is C[C@]12CC(=[N+]3CCCC3)C[C@H]1CCCCC2=O.O=S(=O)([O-])C(F)(F)F. The number of carbonyl (C=O) groups excluding carboxylic acids is 1. The zero-order valence-electron chi connectivity index (χ0n) is 14.3. The molecule has 144 valence electrons. The number of ketones is 1. The molecule has 1 aliphatic heterocycles. The highest BCUT2D eigenvalue weighted by Gasteiger charge is 2.50. The molecule has 25 heavy (non-hydrogen) atoms. The van der Waals surface area contributed by atoms with E-state index in [2.05, 4.69) is 11.5 Å². The lowest BCUT2D eigenvalue weighted by molar-refractivity contribution is -0.508. The van der Waals surface area contributed by atoms with Crippen molar-refractivity contribution in [2.75, 3.05) is 13.1 Å². The van der Waals surface area contributed by atoms with Crippen molar-refractivity contribution in [1.29, 1.82) is 0 Å². The van der Waals surface area contributed by atoms with Crippen LogP contribution >= 0.6 is 0 Å². The molecule has 0 bridgehead atoms. The van der Waals surface area contributed by atoms with Crippen LogP contribution in [0.5, 0.6) is 0 Å². The molecule has 0 aromatic rings. The highest BCUT2D eigenvalue weighted by Crippen LogP contribution is 2.47. The zero-order valence-corrected chi connectivity index (χ0v) is 15.1. The molecule has 9 heteroatoms. The number of carbonyl (C=O) groups is 1. The van der Waals surface area contributed by atoms with Gasteiger partial charge in [0.05, 0.1) is 0 Å². The third-order valence-corrected chi connectivity index (χ3v) is 6.20. The topological polar surface area (TPSA) is 77.3 Å². The second-order valence-electron chi connectivity index (χ2n) is 7.32. The predicted octanol–water partition coefficient (Wildman–Crippen LogP) is 2.84. The Bertz CT molecular complexity index is 649. The summed E-state index contributed by atoms with van der Waals surface area (Å²) in [6.45, 7) is 4.73. The Kier molecular flexibility index (Phi) is 5.98. The number of hydrogen-bond acceptors (Lipinski definition) is 4. The lowest BCUT2D eigenvalue weighted by Crippen LogP contribution is -2.30. The summed E-state index contributed by atoms with van der Waals surface area (Å²) >= 11 is 0. The molecule has 1 saturated heterocycles. The van der Waals surface area contributed by atoms with E-state index in [0.29, 0.717) is 11.7 Å². The van der Waals surface area contributed by atoms with Gasteiger partial charge in [-0.05, 0) is 18.8 Å². The van der Waals surface area contributed by atoms with Gasteiger partial charge in [0.25, 0.3) is 0 Å². The van der Waals surface area contributed by atoms with Gasteiger partial charge in [0.15, 0.2) is 15.8 Å². The molecule has 0 amide bonds. The zero-order chi connectivity index (χ0) is 18.9. The second-order valence-corrected chi connectivity index (χ2v) is 8.70. The standard InChI is InChI=1S/C15H24NO.CHF3O3S/c1-15-11-13(16-8-4-5-9-16)10-12(15)6-2-3-7-14(15)17;2-1(3,4)8(5,6)7/h12H,2-11H2,1H3;(H,5,6,7)/q+1;/p-1/t12-,15+;/m1./s1. The van der Waals surface area contributed by atoms with Gasteiger partial charge in [-0.15, -0.1) is 0 Å². The minimum Gasteiger partial charge on any atom is -0.741 e. The number of nitrogens with zero attached hydrogens (tertiary/aromatic N) is 1. The Hall–Kier alpha value is -0.960. The highest BCUT2D eigenvalue weighted by atomic mass is 32.2. The molecule has 2 saturated carbocycles. The van der Waals surface area contributed by atoms with Gasteiger partial charge in [0.2, 0.25) is 0 Å². The molecular weight excluding hydrogens is 359 g/mol. The molecule has 3 fully saturated rings. The number of Topliss-reactive ketones (excluding diaryl/α,β-unsaturated/α-hetero) is 1. The average molecular weight is 383 g/mol. The van der Waals surface area contributed by atoms with Crippen molar-refractivity contribution in [3.05, 3.63) is 0 Å². The van der Waals surface area contributed by atoms with Crippen LogP contribution in [0.4, 0.5) is 13.2 Å². The third kappa shape index (κ3) is 4.61. The van der Waals surface area contributed by atoms with Crippen LogP contribution in [0.3, 0.4) is 0 Å². The van der Waals surface area contributed by atoms with Crippen molar-refractivity contribution in [3.8, 4) is 0 Å². The molecule has 0 aromatic heterocycles. The van der Waals surface area contributed by atoms with Gasteiger partial charge < -0.3 is 4.55 Å². The Balaban J connectivity index is 0.000000242. The first-order valence-corrected chi connectivity index (χ1v) is 10.0. The summed E-state index contributed by atoms with van der Waals surface area (Å²) in [5, 5.41) is 0. The van der Waals surface area contributed by atoms with Gasteiger partial charge in [-0.3, -0.25) is 4.79 Å². The van der Waals surface area contributed by atoms with Crippen molar-refractivity contribution in [3.63, 3.8) is 0 Å². The summed E-state index contributed by atoms with van der Waals surface area (Å²) in [6.07, 6.45) is 9.47. The van der Waals surface area contributed by atoms with Crippen LogP contribution in [0.1, 0.15) is 58.3 Å². The first-order chi connectivity index (χ1) is 11.4. The minimum absolute atomic E-state index is 0.00553. The maximum absolute atomic E-state index is 12.3. The van der Waals surface area contributed by atoms with Gasteiger partial charge in [0.1, 0.15) is 18.9 Å². The van der Waals surface area contributed by atoms with E-state index >= 15 is 0 Å². The van der Waals surface area contributed by atoms with Crippen molar-refractivity contribution in [1.82, 2.24) is 0 Å². The van der Waals surface area contributed by atoms with Gasteiger partial charge in [0, 0.05) is 37.5 Å². The molecule has 0 radical (unpaired) electrons. The fourth-order valence-corrected chi connectivity index (χ4v) is 4.13. The second kappa shape index (κ2) is 7.34. The molecule has 2 atom stereocenters. The van der Waals surface area contributed by atoms with Crippen molar-refractivity contribution in [2.24, 2.45) is 11.3 Å². The summed E-state index contributed by atoms with van der Waals surface area (Å²) in [6, 6.07) is 0. The molecule has 0 unspecified atom stereocenters. The summed E-state index contributed by atoms with van der Waals surface area (Å²) in [5.74, 6) is 1.20. The molecule has 0 spiro atoms. The Morgan fingerprint density at radius 1 is 1.16 bits per heavy atom. The summed E-state index contributed by atoms with van der Waals surface area (Å²) < 4.78 is 61.5. The van der Waals surface area contributed by atoms with E-state index in [1.165, 1.54) is 45.2 Å². The Labute approximate surface area is 146 Å². The van der Waals surface area contributed by atoms with E-state index < -0.39 is 15.6 Å². The molecule has 5 nitrogen and oxygen atoms in total. The highest BCUT2D eigenvalue weighted by molar-refractivity contribution is 7.86. The minimum atomic E-state index is -6.09. The molecular formula is C16H24F3NO4S. The average Bonchev–Trinajstić information content (AvgIpc) is 3.08. The normalized spacial score (nSPS) is 30.6. The molecule has 3 rings (SSSR count). The van der Waals surface area contributed by atoms with Crippen LogP contribution < -0.4 is 0 Å². The number of hydrogen-bond donors (Lipinski definition) is 0. The van der Waals surface area contributed by atoms with E-state index in [0.717, 1.165) is 19.3 Å². The van der Waals surface area contributed by atoms with E-state index in [1.54, 1.807) is 5.71 Å². The molecule has 1 heterocycles. The first-order valence-electron chi connectivity index (χ1n) is 8.60. The summed E-state index contributed by atoms with van der Waals surface area (Å²) in [4.78, 5) is 12.3. The maximum atomic E-state index is 12.3. The third-order valence-electron chi connectivity index (χ3n) is 5.63. The molecule has 0 aromatic carbocycles. The monoisotopic (exact) mass is 383 g/mol. The smallest absolute Gasteiger partial charge is 0.485 e. The van der Waals surface area contributed by atoms with E-state index in [1.807, 2.05) is 0 Å². The fraction of sp³-hybridized carbons (Fsp3) is 0.875. The molecule has 3 aliphatic rings. The van der Waals surface area contributed by atoms with Crippen molar-refractivity contribution >= 4 is 21.6 Å². The molecule has 2 aliphatic carbocycles. The van der Waals surface area contributed by atoms with Crippen LogP contribution in [-0.2, 0) is 14.9 Å². The fourth-order valence-electron chi connectivity index (χ4n) is 4.13. The van der Waals surface area contributed by atoms with Crippen LogP contribution in [-0.4, -0.2) is 47.6 Å². The largest absolute Gasteiger partial charge is 0.741 e. The Morgan fingerprint density at radius 3 is 2.24 bits per heavy atom. The summed E-state index contributed by atoms with van der Waals surface area (Å²) in [5.41, 5.74) is -4.05. The van der Waals surface area contributed by atoms with E-state index in [9.17, 15) is 18.0 Å². The van der Waals surface area contributed by atoms with Gasteiger partial charge in [-0.2, -0.15) is 13.2 Å². The van der Waals surface area contributed by atoms with Crippen LogP contribution in [0.15, 0.2) is 0 Å². The number of halogens is 3. The number of alkyl halides is 3. The van der Waals surface area contributed by atoms with Crippen LogP contribution in [0.2, 0.25) is 0 Å². The maximum Gasteiger partial charge on any atom is 0.485 e. The molecule has 0 N–H and O–H groups in total. The van der Waals surface area contributed by atoms with Crippen LogP contribution in [0.25, 0.3) is 0 Å². The van der Waals surface area contributed by atoms with Gasteiger partial charge >= 0.3 is 5.51 Å².